The summed E-state index contributed by atoms with van der Waals surface area (Å²) in [7, 11) is 1.57. The van der Waals surface area contributed by atoms with Crippen molar-refractivity contribution in [3.63, 3.8) is 0 Å². The zero-order valence-electron chi connectivity index (χ0n) is 11.4. The number of rotatable bonds is 4. The van der Waals surface area contributed by atoms with Crippen molar-refractivity contribution in [2.45, 2.75) is 19.4 Å². The van der Waals surface area contributed by atoms with Gasteiger partial charge in [0.1, 0.15) is 11.6 Å². The molecule has 20 heavy (non-hydrogen) atoms. The van der Waals surface area contributed by atoms with Crippen LogP contribution in [-0.2, 0) is 6.42 Å². The number of aliphatic hydroxyl groups excluding tert-OH is 1. The van der Waals surface area contributed by atoms with Crippen LogP contribution in [0.15, 0.2) is 36.4 Å². The van der Waals surface area contributed by atoms with Crippen LogP contribution in [-0.4, -0.2) is 12.2 Å². The van der Waals surface area contributed by atoms with Gasteiger partial charge in [-0.1, -0.05) is 35.4 Å². The minimum atomic E-state index is -0.942. The van der Waals surface area contributed by atoms with Crippen molar-refractivity contribution in [2.75, 3.05) is 7.11 Å². The summed E-state index contributed by atoms with van der Waals surface area (Å²) in [5.41, 5.74) is 2.14. The molecule has 4 heteroatoms. The molecule has 0 heterocycles. The van der Waals surface area contributed by atoms with Crippen LogP contribution in [0.3, 0.4) is 0 Å². The first-order chi connectivity index (χ1) is 9.51. The highest BCUT2D eigenvalue weighted by Gasteiger charge is 2.16. The van der Waals surface area contributed by atoms with Gasteiger partial charge >= 0.3 is 0 Å². The Morgan fingerprint density at radius 3 is 2.65 bits per heavy atom. The zero-order valence-corrected chi connectivity index (χ0v) is 12.1. The Balaban J connectivity index is 2.27. The summed E-state index contributed by atoms with van der Waals surface area (Å²) < 4.78 is 19.1. The molecular formula is C16H16ClFO2. The summed E-state index contributed by atoms with van der Waals surface area (Å²) >= 11 is 5.71. The van der Waals surface area contributed by atoms with Gasteiger partial charge < -0.3 is 9.84 Å². The molecule has 0 fully saturated rings. The summed E-state index contributed by atoms with van der Waals surface area (Å²) in [4.78, 5) is 0. The highest BCUT2D eigenvalue weighted by atomic mass is 35.5. The predicted octanol–water partition coefficient (Wildman–Crippen LogP) is 4.07. The first-order valence-electron chi connectivity index (χ1n) is 6.28. The second kappa shape index (κ2) is 6.25. The zero-order chi connectivity index (χ0) is 14.7. The maximum atomic E-state index is 13.8. The molecule has 106 valence electrons. The molecule has 1 N–H and O–H groups in total. The van der Waals surface area contributed by atoms with Gasteiger partial charge in [-0.3, -0.25) is 0 Å². The van der Waals surface area contributed by atoms with Crippen LogP contribution < -0.4 is 4.74 Å². The fourth-order valence-corrected chi connectivity index (χ4v) is 2.32. The van der Waals surface area contributed by atoms with Crippen LogP contribution >= 0.6 is 11.6 Å². The van der Waals surface area contributed by atoms with Crippen molar-refractivity contribution in [1.82, 2.24) is 0 Å². The molecule has 0 aromatic heterocycles. The second-order valence-corrected chi connectivity index (χ2v) is 5.14. The van der Waals surface area contributed by atoms with E-state index in [1.54, 1.807) is 13.2 Å². The van der Waals surface area contributed by atoms with E-state index < -0.39 is 11.9 Å². The molecule has 0 aliphatic heterocycles. The Labute approximate surface area is 122 Å². The highest BCUT2D eigenvalue weighted by Crippen LogP contribution is 2.28. The third-order valence-corrected chi connectivity index (χ3v) is 3.41. The first kappa shape index (κ1) is 14.8. The van der Waals surface area contributed by atoms with Crippen LogP contribution in [0.25, 0.3) is 0 Å². The average molecular weight is 295 g/mol. The number of aryl methyl sites for hydroxylation is 1. The summed E-state index contributed by atoms with van der Waals surface area (Å²) in [6, 6.07) is 9.97. The lowest BCUT2D eigenvalue weighted by molar-refractivity contribution is 0.172. The van der Waals surface area contributed by atoms with Crippen molar-refractivity contribution >= 4 is 11.6 Å². The van der Waals surface area contributed by atoms with Gasteiger partial charge in [-0.15, -0.1) is 0 Å². The summed E-state index contributed by atoms with van der Waals surface area (Å²) in [6.07, 6.45) is -0.661. The van der Waals surface area contributed by atoms with Gasteiger partial charge in [-0.25, -0.2) is 4.39 Å². The maximum Gasteiger partial charge on any atom is 0.130 e. The Bertz CT molecular complexity index is 613. The minimum Gasteiger partial charge on any atom is -0.496 e. The average Bonchev–Trinajstić information content (AvgIpc) is 2.38. The minimum absolute atomic E-state index is 0.234. The van der Waals surface area contributed by atoms with Crippen molar-refractivity contribution in [2.24, 2.45) is 0 Å². The summed E-state index contributed by atoms with van der Waals surface area (Å²) in [5.74, 6) is 0.181. The SMILES string of the molecule is COc1ccc(C)cc1CC(O)c1ccc(Cl)cc1F. The lowest BCUT2D eigenvalue weighted by Crippen LogP contribution is -2.06. The smallest absolute Gasteiger partial charge is 0.130 e. The van der Waals surface area contributed by atoms with E-state index in [0.29, 0.717) is 10.8 Å². The van der Waals surface area contributed by atoms with Gasteiger partial charge in [0.15, 0.2) is 0 Å². The van der Waals surface area contributed by atoms with Gasteiger partial charge in [-0.2, -0.15) is 0 Å². The van der Waals surface area contributed by atoms with Crippen LogP contribution in [0.2, 0.25) is 5.02 Å². The Kier molecular flexibility index (Phi) is 4.63. The van der Waals surface area contributed by atoms with Gasteiger partial charge in [0.05, 0.1) is 13.2 Å². The molecular weight excluding hydrogens is 279 g/mol. The van der Waals surface area contributed by atoms with Crippen molar-refractivity contribution in [1.29, 1.82) is 0 Å². The van der Waals surface area contributed by atoms with E-state index in [9.17, 15) is 9.50 Å². The first-order valence-corrected chi connectivity index (χ1v) is 6.65. The van der Waals surface area contributed by atoms with Crippen molar-refractivity contribution in [3.05, 3.63) is 63.9 Å². The van der Waals surface area contributed by atoms with Gasteiger partial charge in [-0.05, 0) is 30.7 Å². The van der Waals surface area contributed by atoms with E-state index in [4.69, 9.17) is 16.3 Å². The molecule has 0 spiro atoms. The third kappa shape index (κ3) is 3.30. The fraction of sp³-hybridized carbons (Fsp3) is 0.250. The second-order valence-electron chi connectivity index (χ2n) is 4.70. The molecule has 1 unspecified atom stereocenters. The van der Waals surface area contributed by atoms with Gasteiger partial charge in [0.25, 0.3) is 0 Å². The number of aliphatic hydroxyl groups is 1. The molecule has 0 aliphatic carbocycles. The van der Waals surface area contributed by atoms with E-state index in [1.807, 2.05) is 25.1 Å². The molecule has 2 aromatic carbocycles. The Morgan fingerprint density at radius 2 is 2.00 bits per heavy atom. The predicted molar refractivity (Wildman–Crippen MR) is 77.8 cm³/mol. The van der Waals surface area contributed by atoms with E-state index in [2.05, 4.69) is 0 Å². The highest BCUT2D eigenvalue weighted by molar-refractivity contribution is 6.30. The van der Waals surface area contributed by atoms with E-state index in [-0.39, 0.29) is 12.0 Å². The molecule has 0 aliphatic rings. The van der Waals surface area contributed by atoms with E-state index >= 15 is 0 Å². The van der Waals surface area contributed by atoms with Crippen molar-refractivity contribution < 1.29 is 14.2 Å². The molecule has 2 rings (SSSR count). The molecule has 2 aromatic rings. The van der Waals surface area contributed by atoms with E-state index in [1.165, 1.54) is 12.1 Å². The number of methoxy groups -OCH3 is 1. The van der Waals surface area contributed by atoms with Crippen molar-refractivity contribution in [3.8, 4) is 5.75 Å². The lowest BCUT2D eigenvalue weighted by atomic mass is 9.99. The molecule has 2 nitrogen and oxygen atoms in total. The maximum absolute atomic E-state index is 13.8. The number of hydrogen-bond donors (Lipinski definition) is 1. The molecule has 0 amide bonds. The number of hydrogen-bond acceptors (Lipinski definition) is 2. The summed E-state index contributed by atoms with van der Waals surface area (Å²) in [6.45, 7) is 1.96. The Hall–Kier alpha value is -1.58. The molecule has 0 radical (unpaired) electrons. The topological polar surface area (TPSA) is 29.5 Å². The summed E-state index contributed by atoms with van der Waals surface area (Å²) in [5, 5.41) is 10.5. The number of benzene rings is 2. The van der Waals surface area contributed by atoms with Gasteiger partial charge in [0.2, 0.25) is 0 Å². The van der Waals surface area contributed by atoms with Crippen LogP contribution in [0, 0.1) is 12.7 Å². The number of ether oxygens (including phenoxy) is 1. The lowest BCUT2D eigenvalue weighted by Gasteiger charge is -2.15. The van der Waals surface area contributed by atoms with Gasteiger partial charge in [0, 0.05) is 17.0 Å². The molecule has 0 bridgehead atoms. The standard InChI is InChI=1S/C16H16ClFO2/c1-10-3-6-16(20-2)11(7-10)8-15(19)13-5-4-12(17)9-14(13)18/h3-7,9,15,19H,8H2,1-2H3. The van der Waals surface area contributed by atoms with E-state index in [0.717, 1.165) is 11.1 Å². The normalized spacial score (nSPS) is 12.2. The molecule has 0 saturated carbocycles. The monoisotopic (exact) mass is 294 g/mol. The largest absolute Gasteiger partial charge is 0.496 e. The Morgan fingerprint density at radius 1 is 1.25 bits per heavy atom. The number of halogens is 2. The molecule has 1 atom stereocenters. The van der Waals surface area contributed by atoms with Crippen LogP contribution in [0.5, 0.6) is 5.75 Å². The molecule has 0 saturated heterocycles. The quantitative estimate of drug-likeness (QED) is 0.921. The fourth-order valence-electron chi connectivity index (χ4n) is 2.16. The van der Waals surface area contributed by atoms with Crippen LogP contribution in [0.1, 0.15) is 22.8 Å². The third-order valence-electron chi connectivity index (χ3n) is 3.17. The van der Waals surface area contributed by atoms with Crippen LogP contribution in [0.4, 0.5) is 4.39 Å².